The van der Waals surface area contributed by atoms with Crippen molar-refractivity contribution in [2.24, 2.45) is 0 Å². The fourth-order valence-electron chi connectivity index (χ4n) is 8.26. The minimum Gasteiger partial charge on any atom is -0.309 e. The fraction of sp³-hybridized carbons (Fsp3) is 0.0200. The maximum atomic E-state index is 4.43. The second kappa shape index (κ2) is 12.2. The van der Waals surface area contributed by atoms with Crippen molar-refractivity contribution in [2.45, 2.75) is 6.92 Å². The van der Waals surface area contributed by atoms with E-state index in [4.69, 9.17) is 0 Å². The molecule has 0 saturated carbocycles. The van der Waals surface area contributed by atoms with Crippen LogP contribution in [0.1, 0.15) is 5.56 Å². The lowest BCUT2D eigenvalue weighted by molar-refractivity contribution is 1.17. The van der Waals surface area contributed by atoms with E-state index in [1.54, 1.807) is 0 Å². The van der Waals surface area contributed by atoms with Crippen LogP contribution < -0.4 is 0 Å². The lowest BCUT2D eigenvalue weighted by Gasteiger charge is -2.19. The van der Waals surface area contributed by atoms with Gasteiger partial charge in [-0.25, -0.2) is 0 Å². The zero-order valence-electron chi connectivity index (χ0n) is 28.8. The molecule has 2 nitrogen and oxygen atoms in total. The van der Waals surface area contributed by atoms with E-state index >= 15 is 0 Å². The molecule has 10 aromatic rings. The van der Waals surface area contributed by atoms with Crippen molar-refractivity contribution >= 4 is 43.4 Å². The van der Waals surface area contributed by atoms with Gasteiger partial charge in [-0.1, -0.05) is 146 Å². The van der Waals surface area contributed by atoms with Crippen LogP contribution in [0.4, 0.5) is 0 Å². The van der Waals surface area contributed by atoms with Crippen molar-refractivity contribution in [1.29, 1.82) is 0 Å². The highest BCUT2D eigenvalue weighted by Crippen LogP contribution is 2.45. The molecule has 10 rings (SSSR count). The third-order valence-corrected chi connectivity index (χ3v) is 10.6. The summed E-state index contributed by atoms with van der Waals surface area (Å²) in [5, 5.41) is 7.44. The Kier molecular flexibility index (Phi) is 7.07. The predicted molar refractivity (Wildman–Crippen MR) is 220 cm³/mol. The predicted octanol–water partition coefficient (Wildman–Crippen LogP) is 13.5. The zero-order valence-corrected chi connectivity index (χ0v) is 28.8. The van der Waals surface area contributed by atoms with Crippen molar-refractivity contribution in [3.8, 4) is 50.2 Å². The molecule has 2 heteroatoms. The van der Waals surface area contributed by atoms with E-state index in [9.17, 15) is 0 Å². The maximum Gasteiger partial charge on any atom is 0.0571 e. The van der Waals surface area contributed by atoms with Crippen LogP contribution in [0.3, 0.4) is 0 Å². The lowest BCUT2D eigenvalue weighted by Crippen LogP contribution is -1.95. The van der Waals surface area contributed by atoms with Gasteiger partial charge in [-0.3, -0.25) is 4.98 Å². The maximum absolute atomic E-state index is 4.43. The fourth-order valence-corrected chi connectivity index (χ4v) is 8.26. The summed E-state index contributed by atoms with van der Waals surface area (Å²) < 4.78 is 2.35. The van der Waals surface area contributed by atoms with Crippen molar-refractivity contribution < 1.29 is 0 Å². The van der Waals surface area contributed by atoms with Gasteiger partial charge >= 0.3 is 0 Å². The quantitative estimate of drug-likeness (QED) is 0.168. The van der Waals surface area contributed by atoms with Crippen molar-refractivity contribution in [3.63, 3.8) is 0 Å². The summed E-state index contributed by atoms with van der Waals surface area (Å²) in [4.78, 5) is 4.43. The lowest BCUT2D eigenvalue weighted by atomic mass is 9.84. The molecule has 0 unspecified atom stereocenters. The third kappa shape index (κ3) is 4.84. The minimum absolute atomic E-state index is 1.14. The van der Waals surface area contributed by atoms with Gasteiger partial charge in [-0.15, -0.1) is 0 Å². The molecule has 0 atom stereocenters. The molecule has 0 radical (unpaired) electrons. The summed E-state index contributed by atoms with van der Waals surface area (Å²) in [6, 6.07) is 64.1. The van der Waals surface area contributed by atoms with E-state index in [1.165, 1.54) is 87.9 Å². The molecule has 0 N–H and O–H groups in total. The average Bonchev–Trinajstić information content (AvgIpc) is 3.55. The van der Waals surface area contributed by atoms with E-state index in [-0.39, 0.29) is 0 Å². The van der Waals surface area contributed by atoms with E-state index in [1.807, 2.05) is 12.4 Å². The highest BCUT2D eigenvalue weighted by molar-refractivity contribution is 6.22. The number of pyridine rings is 1. The van der Waals surface area contributed by atoms with Gasteiger partial charge in [0.1, 0.15) is 0 Å². The molecule has 52 heavy (non-hydrogen) atoms. The third-order valence-electron chi connectivity index (χ3n) is 10.6. The molecular weight excluding hydrogens is 629 g/mol. The largest absolute Gasteiger partial charge is 0.309 e. The number of para-hydroxylation sites is 1. The summed E-state index contributed by atoms with van der Waals surface area (Å²) in [6.45, 7) is 2.23. The van der Waals surface area contributed by atoms with E-state index in [2.05, 4.69) is 192 Å². The zero-order chi connectivity index (χ0) is 34.6. The van der Waals surface area contributed by atoms with E-state index < -0.39 is 0 Å². The van der Waals surface area contributed by atoms with Gasteiger partial charge in [0.15, 0.2) is 0 Å². The first-order valence-corrected chi connectivity index (χ1v) is 17.9. The molecule has 0 bridgehead atoms. The number of hydrogen-bond donors (Lipinski definition) is 0. The molecule has 8 aromatic carbocycles. The molecule has 0 aliphatic heterocycles. The molecule has 0 aliphatic carbocycles. The van der Waals surface area contributed by atoms with Gasteiger partial charge in [0.2, 0.25) is 0 Å². The van der Waals surface area contributed by atoms with Crippen LogP contribution in [-0.4, -0.2) is 9.55 Å². The number of nitrogens with zero attached hydrogens (tertiary/aromatic N) is 2. The Morgan fingerprint density at radius 1 is 0.385 bits per heavy atom. The first kappa shape index (κ1) is 30.1. The van der Waals surface area contributed by atoms with Crippen molar-refractivity contribution in [2.75, 3.05) is 0 Å². The highest BCUT2D eigenvalue weighted by atomic mass is 15.0. The van der Waals surface area contributed by atoms with Gasteiger partial charge in [-0.2, -0.15) is 0 Å². The molecule has 0 fully saturated rings. The summed E-state index contributed by atoms with van der Waals surface area (Å²) in [5.74, 6) is 0. The number of fused-ring (bicyclic) bond motifs is 5. The standard InChI is InChI=1S/C50H34N2/c1-33-29-36(23-25-40(33)38-17-12-18-39(30-38)52-47-22-11-10-19-41(47)46-32-51-28-27-48(46)52)37-24-26-44-45(31-37)50(35-15-6-3-7-16-35)43-21-9-8-20-42(43)49(44)34-13-4-2-5-14-34/h2-32H,1H3. The molecular formula is C50H34N2. The van der Waals surface area contributed by atoms with Gasteiger partial charge in [0, 0.05) is 28.9 Å². The van der Waals surface area contributed by atoms with Crippen LogP contribution in [0, 0.1) is 6.92 Å². The van der Waals surface area contributed by atoms with Crippen LogP contribution in [-0.2, 0) is 0 Å². The summed E-state index contributed by atoms with van der Waals surface area (Å²) in [6.07, 6.45) is 3.85. The second-order valence-corrected chi connectivity index (χ2v) is 13.6. The van der Waals surface area contributed by atoms with Crippen LogP contribution in [0.2, 0.25) is 0 Å². The molecule has 2 heterocycles. The number of benzene rings is 8. The smallest absolute Gasteiger partial charge is 0.0571 e. The Morgan fingerprint density at radius 2 is 0.962 bits per heavy atom. The average molecular weight is 663 g/mol. The summed E-state index contributed by atoms with van der Waals surface area (Å²) >= 11 is 0. The van der Waals surface area contributed by atoms with Gasteiger partial charge in [0.05, 0.1) is 11.0 Å². The second-order valence-electron chi connectivity index (χ2n) is 13.6. The molecule has 0 aliphatic rings. The Bertz CT molecular complexity index is 2900. The SMILES string of the molecule is Cc1cc(-c2ccc3c(-c4ccccc4)c4ccccc4c(-c4ccccc4)c3c2)ccc1-c1cccc(-n2c3ccccc3c3cnccc32)c1. The molecule has 0 amide bonds. The molecule has 2 aromatic heterocycles. The Labute approximate surface area is 302 Å². The number of hydrogen-bond acceptors (Lipinski definition) is 1. The van der Waals surface area contributed by atoms with Gasteiger partial charge < -0.3 is 4.57 Å². The van der Waals surface area contributed by atoms with Gasteiger partial charge in [-0.05, 0) is 109 Å². The number of rotatable bonds is 5. The number of aromatic nitrogens is 2. The molecule has 0 saturated heterocycles. The van der Waals surface area contributed by atoms with Crippen LogP contribution in [0.5, 0.6) is 0 Å². The van der Waals surface area contributed by atoms with E-state index in [0.29, 0.717) is 0 Å². The van der Waals surface area contributed by atoms with E-state index in [0.717, 1.165) is 11.2 Å². The molecule has 0 spiro atoms. The number of aryl methyl sites for hydroxylation is 1. The van der Waals surface area contributed by atoms with Crippen molar-refractivity contribution in [1.82, 2.24) is 9.55 Å². The minimum atomic E-state index is 1.14. The van der Waals surface area contributed by atoms with Crippen LogP contribution in [0.25, 0.3) is 93.5 Å². The first-order chi connectivity index (χ1) is 25.7. The Balaban J connectivity index is 1.12. The Morgan fingerprint density at radius 3 is 1.69 bits per heavy atom. The van der Waals surface area contributed by atoms with Gasteiger partial charge in [0.25, 0.3) is 0 Å². The summed E-state index contributed by atoms with van der Waals surface area (Å²) in [5.41, 5.74) is 14.6. The molecule has 244 valence electrons. The topological polar surface area (TPSA) is 17.8 Å². The highest BCUT2D eigenvalue weighted by Gasteiger charge is 2.18. The Hall–Kier alpha value is -6.77. The summed E-state index contributed by atoms with van der Waals surface area (Å²) in [7, 11) is 0. The van der Waals surface area contributed by atoms with Crippen LogP contribution in [0.15, 0.2) is 188 Å². The first-order valence-electron chi connectivity index (χ1n) is 17.9. The van der Waals surface area contributed by atoms with Crippen molar-refractivity contribution in [3.05, 3.63) is 194 Å². The normalized spacial score (nSPS) is 11.6. The monoisotopic (exact) mass is 662 g/mol. The van der Waals surface area contributed by atoms with Crippen LogP contribution >= 0.6 is 0 Å².